The number of methoxy groups -OCH3 is 2. The van der Waals surface area contributed by atoms with Crippen LogP contribution in [0.3, 0.4) is 0 Å². The summed E-state index contributed by atoms with van der Waals surface area (Å²) in [4.78, 5) is 0. The number of ether oxygens (including phenoxy) is 2. The van der Waals surface area contributed by atoms with Crippen molar-refractivity contribution in [1.82, 2.24) is 0 Å². The van der Waals surface area contributed by atoms with Gasteiger partial charge >= 0.3 is 0 Å². The van der Waals surface area contributed by atoms with E-state index in [1.807, 2.05) is 6.07 Å². The second-order valence-electron chi connectivity index (χ2n) is 6.34. The van der Waals surface area contributed by atoms with E-state index in [4.69, 9.17) is 15.2 Å². The van der Waals surface area contributed by atoms with Crippen molar-refractivity contribution in [3.63, 3.8) is 0 Å². The van der Waals surface area contributed by atoms with Crippen molar-refractivity contribution in [2.45, 2.75) is 45.1 Å². The first-order chi connectivity index (χ1) is 9.48. The lowest BCUT2D eigenvalue weighted by Crippen LogP contribution is -2.41. The molecule has 1 aliphatic rings. The van der Waals surface area contributed by atoms with Crippen LogP contribution in [0.4, 0.5) is 0 Å². The molecule has 0 bridgehead atoms. The zero-order valence-corrected chi connectivity index (χ0v) is 13.1. The molecule has 3 nitrogen and oxygen atoms in total. The summed E-state index contributed by atoms with van der Waals surface area (Å²) in [5.74, 6) is 3.18. The Morgan fingerprint density at radius 1 is 1.05 bits per heavy atom. The van der Waals surface area contributed by atoms with E-state index in [2.05, 4.69) is 26.0 Å². The van der Waals surface area contributed by atoms with Crippen LogP contribution in [0.5, 0.6) is 11.5 Å². The Morgan fingerprint density at radius 3 is 1.95 bits per heavy atom. The molecule has 0 radical (unpaired) electrons. The van der Waals surface area contributed by atoms with Gasteiger partial charge in [0.1, 0.15) is 11.5 Å². The molecule has 0 unspecified atom stereocenters. The van der Waals surface area contributed by atoms with Gasteiger partial charge in [-0.05, 0) is 55.2 Å². The average Bonchev–Trinajstić information content (AvgIpc) is 2.47. The largest absolute Gasteiger partial charge is 0.497 e. The SMILES string of the molecule is COc1cc(OC)cc(C2(N)CCC(C(C)C)CC2)c1. The topological polar surface area (TPSA) is 44.5 Å². The molecule has 0 aromatic heterocycles. The van der Waals surface area contributed by atoms with E-state index < -0.39 is 0 Å². The molecule has 0 heterocycles. The molecule has 112 valence electrons. The van der Waals surface area contributed by atoms with Gasteiger partial charge in [0.25, 0.3) is 0 Å². The van der Waals surface area contributed by atoms with Crippen molar-refractivity contribution in [1.29, 1.82) is 0 Å². The molecular weight excluding hydrogens is 250 g/mol. The Hall–Kier alpha value is -1.22. The fraction of sp³-hybridized carbons (Fsp3) is 0.647. The van der Waals surface area contributed by atoms with E-state index in [0.717, 1.165) is 41.7 Å². The van der Waals surface area contributed by atoms with Gasteiger partial charge in [-0.1, -0.05) is 13.8 Å². The molecule has 0 aliphatic heterocycles. The molecule has 20 heavy (non-hydrogen) atoms. The van der Waals surface area contributed by atoms with E-state index in [1.165, 1.54) is 12.8 Å². The van der Waals surface area contributed by atoms with E-state index in [-0.39, 0.29) is 5.54 Å². The summed E-state index contributed by atoms with van der Waals surface area (Å²) in [6.07, 6.45) is 4.47. The third kappa shape index (κ3) is 3.09. The van der Waals surface area contributed by atoms with Crippen molar-refractivity contribution in [2.24, 2.45) is 17.6 Å². The molecule has 0 amide bonds. The van der Waals surface area contributed by atoms with Gasteiger partial charge in [0, 0.05) is 11.6 Å². The van der Waals surface area contributed by atoms with Crippen molar-refractivity contribution >= 4 is 0 Å². The van der Waals surface area contributed by atoms with Crippen LogP contribution in [-0.4, -0.2) is 14.2 Å². The summed E-state index contributed by atoms with van der Waals surface area (Å²) in [5.41, 5.74) is 7.57. The summed E-state index contributed by atoms with van der Waals surface area (Å²) < 4.78 is 10.7. The number of benzene rings is 1. The highest BCUT2D eigenvalue weighted by Gasteiger charge is 2.34. The molecule has 1 fully saturated rings. The Labute approximate surface area is 122 Å². The highest BCUT2D eigenvalue weighted by atomic mass is 16.5. The molecule has 0 atom stereocenters. The number of hydrogen-bond donors (Lipinski definition) is 1. The predicted molar refractivity (Wildman–Crippen MR) is 82.2 cm³/mol. The van der Waals surface area contributed by atoms with Crippen molar-refractivity contribution in [3.05, 3.63) is 23.8 Å². The summed E-state index contributed by atoms with van der Waals surface area (Å²) >= 11 is 0. The van der Waals surface area contributed by atoms with Crippen LogP contribution in [0.1, 0.15) is 45.1 Å². The van der Waals surface area contributed by atoms with Crippen LogP contribution in [0.15, 0.2) is 18.2 Å². The summed E-state index contributed by atoms with van der Waals surface area (Å²) in [7, 11) is 3.36. The Balaban J connectivity index is 2.22. The molecule has 1 saturated carbocycles. The first-order valence-corrected chi connectivity index (χ1v) is 7.51. The van der Waals surface area contributed by atoms with Gasteiger partial charge in [0.2, 0.25) is 0 Å². The van der Waals surface area contributed by atoms with Gasteiger partial charge in [0.05, 0.1) is 14.2 Å². The molecule has 3 heteroatoms. The second kappa shape index (κ2) is 6.04. The quantitative estimate of drug-likeness (QED) is 0.912. The number of hydrogen-bond acceptors (Lipinski definition) is 3. The zero-order chi connectivity index (χ0) is 14.8. The van der Waals surface area contributed by atoms with Crippen LogP contribution < -0.4 is 15.2 Å². The van der Waals surface area contributed by atoms with Crippen LogP contribution in [0.2, 0.25) is 0 Å². The first kappa shape index (κ1) is 15.2. The third-order valence-corrected chi connectivity index (χ3v) is 4.79. The smallest absolute Gasteiger partial charge is 0.122 e. The fourth-order valence-electron chi connectivity index (χ4n) is 3.21. The molecule has 1 aromatic rings. The molecule has 1 aromatic carbocycles. The van der Waals surface area contributed by atoms with Gasteiger partial charge in [-0.25, -0.2) is 0 Å². The maximum atomic E-state index is 6.68. The fourth-order valence-corrected chi connectivity index (χ4v) is 3.21. The zero-order valence-electron chi connectivity index (χ0n) is 13.1. The van der Waals surface area contributed by atoms with E-state index >= 15 is 0 Å². The van der Waals surface area contributed by atoms with E-state index in [9.17, 15) is 0 Å². The maximum Gasteiger partial charge on any atom is 0.122 e. The Kier molecular flexibility index (Phi) is 4.59. The highest BCUT2D eigenvalue weighted by Crippen LogP contribution is 2.41. The Morgan fingerprint density at radius 2 is 1.55 bits per heavy atom. The van der Waals surface area contributed by atoms with Crippen LogP contribution >= 0.6 is 0 Å². The minimum atomic E-state index is -0.243. The van der Waals surface area contributed by atoms with Gasteiger partial charge in [-0.2, -0.15) is 0 Å². The standard InChI is InChI=1S/C17H27NO2/c1-12(2)13-5-7-17(18,8-6-13)14-9-15(19-3)11-16(10-14)20-4/h9-13H,5-8,18H2,1-4H3. The van der Waals surface area contributed by atoms with Crippen LogP contribution in [0, 0.1) is 11.8 Å². The van der Waals surface area contributed by atoms with Crippen LogP contribution in [0.25, 0.3) is 0 Å². The van der Waals surface area contributed by atoms with Crippen molar-refractivity contribution in [3.8, 4) is 11.5 Å². The predicted octanol–water partition coefficient (Wildman–Crippen LogP) is 3.70. The normalized spacial score (nSPS) is 26.6. The van der Waals surface area contributed by atoms with E-state index in [0.29, 0.717) is 0 Å². The maximum absolute atomic E-state index is 6.68. The molecule has 1 aliphatic carbocycles. The first-order valence-electron chi connectivity index (χ1n) is 7.51. The number of nitrogens with two attached hydrogens (primary N) is 1. The molecule has 2 N–H and O–H groups in total. The Bertz CT molecular complexity index is 426. The lowest BCUT2D eigenvalue weighted by molar-refractivity contribution is 0.195. The van der Waals surface area contributed by atoms with Gasteiger partial charge in [-0.15, -0.1) is 0 Å². The lowest BCUT2D eigenvalue weighted by atomic mass is 9.70. The second-order valence-corrected chi connectivity index (χ2v) is 6.34. The molecule has 0 saturated heterocycles. The lowest BCUT2D eigenvalue weighted by Gasteiger charge is -2.39. The van der Waals surface area contributed by atoms with E-state index in [1.54, 1.807) is 14.2 Å². The molecule has 2 rings (SSSR count). The number of rotatable bonds is 4. The van der Waals surface area contributed by atoms with Crippen LogP contribution in [-0.2, 0) is 5.54 Å². The van der Waals surface area contributed by atoms with Crippen molar-refractivity contribution < 1.29 is 9.47 Å². The summed E-state index contributed by atoms with van der Waals surface area (Å²) in [6, 6.07) is 6.00. The molecular formula is C17H27NO2. The van der Waals surface area contributed by atoms with Gasteiger partial charge < -0.3 is 15.2 Å². The average molecular weight is 277 g/mol. The summed E-state index contributed by atoms with van der Waals surface area (Å²) in [6.45, 7) is 4.62. The minimum Gasteiger partial charge on any atom is -0.497 e. The van der Waals surface area contributed by atoms with Gasteiger partial charge in [0.15, 0.2) is 0 Å². The van der Waals surface area contributed by atoms with Gasteiger partial charge in [-0.3, -0.25) is 0 Å². The van der Waals surface area contributed by atoms with Crippen molar-refractivity contribution in [2.75, 3.05) is 14.2 Å². The minimum absolute atomic E-state index is 0.243. The monoisotopic (exact) mass is 277 g/mol. The third-order valence-electron chi connectivity index (χ3n) is 4.79. The molecule has 0 spiro atoms. The summed E-state index contributed by atoms with van der Waals surface area (Å²) in [5, 5.41) is 0. The highest BCUT2D eigenvalue weighted by molar-refractivity contribution is 5.41.